The first kappa shape index (κ1) is 29.9. The number of halogens is 4. The summed E-state index contributed by atoms with van der Waals surface area (Å²) >= 11 is 0. The van der Waals surface area contributed by atoms with Crippen molar-refractivity contribution in [3.8, 4) is 11.1 Å². The number of aryl methyl sites for hydroxylation is 1. The lowest BCUT2D eigenvalue weighted by molar-refractivity contribution is -0.0382. The van der Waals surface area contributed by atoms with E-state index in [1.54, 1.807) is 12.1 Å². The molecule has 0 heterocycles. The van der Waals surface area contributed by atoms with E-state index in [1.807, 2.05) is 37.8 Å². The van der Waals surface area contributed by atoms with Gasteiger partial charge in [0.15, 0.2) is 0 Å². The first-order valence-corrected chi connectivity index (χ1v) is 13.5. The van der Waals surface area contributed by atoms with E-state index in [9.17, 15) is 27.9 Å². The van der Waals surface area contributed by atoms with Crippen molar-refractivity contribution in [1.82, 2.24) is 0 Å². The molecule has 0 atom stereocenters. The highest BCUT2D eigenvalue weighted by atomic mass is 19.3. The molecule has 1 aliphatic carbocycles. The Balaban J connectivity index is 1.81. The molecule has 3 aromatic rings. The van der Waals surface area contributed by atoms with Crippen LogP contribution >= 0.6 is 0 Å². The molecule has 0 bridgehead atoms. The van der Waals surface area contributed by atoms with Crippen LogP contribution in [0.15, 0.2) is 54.6 Å². The highest BCUT2D eigenvalue weighted by Gasteiger charge is 2.38. The predicted octanol–water partition coefficient (Wildman–Crippen LogP) is 8.32. The first-order chi connectivity index (χ1) is 19.3. The lowest BCUT2D eigenvalue weighted by Gasteiger charge is -2.40. The molecule has 3 aromatic carbocycles. The van der Waals surface area contributed by atoms with Crippen LogP contribution in [-0.2, 0) is 0 Å². The van der Waals surface area contributed by atoms with Crippen molar-refractivity contribution >= 4 is 29.1 Å². The number of benzene rings is 3. The van der Waals surface area contributed by atoms with E-state index in [2.05, 4.69) is 10.6 Å². The molecule has 0 aromatic heterocycles. The van der Waals surface area contributed by atoms with Crippen molar-refractivity contribution in [2.75, 3.05) is 22.1 Å². The van der Waals surface area contributed by atoms with E-state index in [-0.39, 0.29) is 65.7 Å². The molecular formula is C31H33F4N3O3. The maximum Gasteiger partial charge on any atom is 0.336 e. The Bertz CT molecular complexity index is 1420. The molecule has 41 heavy (non-hydrogen) atoms. The fraction of sp³-hybridized carbons (Fsp3) is 0.355. The number of nitrogens with zero attached hydrogens (tertiary/aromatic N) is 1. The SMILES string of the molecule is Cc1ccc(NC(=O)Nc2cc(-c3cc(F)ccc3C(=O)O)c(F)cc2N(CC(C)C)C2CCC(F)(F)CC2)cc1. The summed E-state index contributed by atoms with van der Waals surface area (Å²) in [4.78, 5) is 26.8. The van der Waals surface area contributed by atoms with Crippen molar-refractivity contribution in [3.63, 3.8) is 0 Å². The molecule has 0 saturated heterocycles. The number of carbonyl (C=O) groups is 2. The van der Waals surface area contributed by atoms with Crippen LogP contribution in [0.1, 0.15) is 55.5 Å². The van der Waals surface area contributed by atoms with Crippen molar-refractivity contribution in [2.45, 2.75) is 58.4 Å². The van der Waals surface area contributed by atoms with Gasteiger partial charge in [0, 0.05) is 42.2 Å². The Kier molecular flexibility index (Phi) is 8.89. The van der Waals surface area contributed by atoms with Gasteiger partial charge >= 0.3 is 12.0 Å². The number of alkyl halides is 2. The summed E-state index contributed by atoms with van der Waals surface area (Å²) in [5.41, 5.74) is 1.15. The smallest absolute Gasteiger partial charge is 0.336 e. The summed E-state index contributed by atoms with van der Waals surface area (Å²) in [6, 6.07) is 11.4. The van der Waals surface area contributed by atoms with Crippen molar-refractivity contribution < 1.29 is 32.3 Å². The second-order valence-corrected chi connectivity index (χ2v) is 10.9. The zero-order valence-electron chi connectivity index (χ0n) is 23.1. The lowest BCUT2D eigenvalue weighted by atomic mass is 9.90. The van der Waals surface area contributed by atoms with Gasteiger partial charge in [0.25, 0.3) is 0 Å². The van der Waals surface area contributed by atoms with E-state index < -0.39 is 29.6 Å². The van der Waals surface area contributed by atoms with Crippen LogP contribution in [-0.4, -0.2) is 35.6 Å². The number of carbonyl (C=O) groups excluding carboxylic acids is 1. The zero-order chi connectivity index (χ0) is 29.9. The van der Waals surface area contributed by atoms with Crippen molar-refractivity contribution in [1.29, 1.82) is 0 Å². The quantitative estimate of drug-likeness (QED) is 0.238. The van der Waals surface area contributed by atoms with Gasteiger partial charge in [-0.1, -0.05) is 31.5 Å². The summed E-state index contributed by atoms with van der Waals surface area (Å²) in [7, 11) is 0. The Morgan fingerprint density at radius 1 is 0.976 bits per heavy atom. The topological polar surface area (TPSA) is 81.7 Å². The molecule has 3 N–H and O–H groups in total. The number of hydrogen-bond acceptors (Lipinski definition) is 3. The Morgan fingerprint density at radius 3 is 2.24 bits per heavy atom. The second-order valence-electron chi connectivity index (χ2n) is 10.9. The Labute approximate surface area is 236 Å². The average molecular weight is 572 g/mol. The number of rotatable bonds is 8. The van der Waals surface area contributed by atoms with Gasteiger partial charge < -0.3 is 20.6 Å². The molecule has 0 unspecified atom stereocenters. The third-order valence-electron chi connectivity index (χ3n) is 7.14. The monoisotopic (exact) mass is 571 g/mol. The number of carboxylic acid groups (broad SMARTS) is 1. The summed E-state index contributed by atoms with van der Waals surface area (Å²) in [6.45, 7) is 6.18. The fourth-order valence-electron chi connectivity index (χ4n) is 5.13. The van der Waals surface area contributed by atoms with E-state index in [1.165, 1.54) is 6.07 Å². The van der Waals surface area contributed by atoms with Gasteiger partial charge in [-0.25, -0.2) is 27.2 Å². The molecule has 1 aliphatic rings. The Morgan fingerprint density at radius 2 is 1.63 bits per heavy atom. The minimum absolute atomic E-state index is 0.0660. The van der Waals surface area contributed by atoms with E-state index in [0.717, 1.165) is 29.8 Å². The van der Waals surface area contributed by atoms with Gasteiger partial charge in [0.05, 0.1) is 16.9 Å². The summed E-state index contributed by atoms with van der Waals surface area (Å²) in [5.74, 6) is -5.68. The fourth-order valence-corrected chi connectivity index (χ4v) is 5.13. The highest BCUT2D eigenvalue weighted by molar-refractivity contribution is 6.03. The van der Waals surface area contributed by atoms with Gasteiger partial charge in [-0.3, -0.25) is 0 Å². The number of hydrogen-bond donors (Lipinski definition) is 3. The van der Waals surface area contributed by atoms with Crippen LogP contribution < -0.4 is 15.5 Å². The molecule has 4 rings (SSSR count). The van der Waals surface area contributed by atoms with Crippen molar-refractivity contribution in [3.05, 3.63) is 77.4 Å². The highest BCUT2D eigenvalue weighted by Crippen LogP contribution is 2.41. The van der Waals surface area contributed by atoms with E-state index >= 15 is 4.39 Å². The van der Waals surface area contributed by atoms with Gasteiger partial charge in [-0.05, 0) is 68.1 Å². The number of carboxylic acids is 1. The average Bonchev–Trinajstić information content (AvgIpc) is 2.89. The molecule has 10 heteroatoms. The molecule has 2 amide bonds. The minimum Gasteiger partial charge on any atom is -0.478 e. The molecule has 1 saturated carbocycles. The maximum absolute atomic E-state index is 15.8. The van der Waals surface area contributed by atoms with Gasteiger partial charge in [0.1, 0.15) is 11.6 Å². The zero-order valence-corrected chi connectivity index (χ0v) is 23.1. The molecule has 0 aliphatic heterocycles. The number of anilines is 3. The van der Waals surface area contributed by atoms with Gasteiger partial charge in [-0.15, -0.1) is 0 Å². The third kappa shape index (κ3) is 7.36. The molecule has 218 valence electrons. The van der Waals surface area contributed by atoms with Crippen LogP contribution in [0.3, 0.4) is 0 Å². The van der Waals surface area contributed by atoms with Crippen LogP contribution in [0, 0.1) is 24.5 Å². The number of aromatic carboxylic acids is 1. The Hall–Kier alpha value is -4.08. The maximum atomic E-state index is 15.8. The molecule has 0 spiro atoms. The van der Waals surface area contributed by atoms with Gasteiger partial charge in [0.2, 0.25) is 5.92 Å². The molecule has 1 fully saturated rings. The standard InChI is InChI=1S/C31H33F4N3O3/c1-18(2)17-38(22-10-12-31(34,35)13-11-22)28-16-26(33)25(24-14-20(32)6-9-23(24)29(39)40)15-27(28)37-30(41)36-21-7-4-19(3)5-8-21/h4-9,14-16,18,22H,10-13,17H2,1-3H3,(H,39,40)(H2,36,37,41). The van der Waals surface area contributed by atoms with Crippen LogP contribution in [0.5, 0.6) is 0 Å². The number of amides is 2. The summed E-state index contributed by atoms with van der Waals surface area (Å²) in [5, 5.41) is 15.1. The number of nitrogens with one attached hydrogen (secondary N) is 2. The number of urea groups is 1. The summed E-state index contributed by atoms with van der Waals surface area (Å²) < 4.78 is 58.0. The van der Waals surface area contributed by atoms with Gasteiger partial charge in [-0.2, -0.15) is 0 Å². The van der Waals surface area contributed by atoms with E-state index in [0.29, 0.717) is 12.2 Å². The molecule has 0 radical (unpaired) electrons. The van der Waals surface area contributed by atoms with Crippen LogP contribution in [0.4, 0.5) is 39.4 Å². The van der Waals surface area contributed by atoms with E-state index in [4.69, 9.17) is 0 Å². The first-order valence-electron chi connectivity index (χ1n) is 13.5. The normalized spacial score (nSPS) is 15.0. The molecule has 6 nitrogen and oxygen atoms in total. The minimum atomic E-state index is -2.77. The largest absolute Gasteiger partial charge is 0.478 e. The summed E-state index contributed by atoms with van der Waals surface area (Å²) in [6.07, 6.45) is -0.278. The molecular weight excluding hydrogens is 538 g/mol. The third-order valence-corrected chi connectivity index (χ3v) is 7.14. The lowest BCUT2D eigenvalue weighted by Crippen LogP contribution is -2.43. The van der Waals surface area contributed by atoms with Crippen LogP contribution in [0.2, 0.25) is 0 Å². The second kappa shape index (κ2) is 12.2. The predicted molar refractivity (Wildman–Crippen MR) is 152 cm³/mol. The van der Waals surface area contributed by atoms with Crippen molar-refractivity contribution in [2.24, 2.45) is 5.92 Å². The van der Waals surface area contributed by atoms with Crippen LogP contribution in [0.25, 0.3) is 11.1 Å².